The number of rotatable bonds is 6. The molecule has 27 heavy (non-hydrogen) atoms. The fraction of sp³-hybridized carbons (Fsp3) is 0.118. The second-order valence-electron chi connectivity index (χ2n) is 5.38. The molecular formula is C17H14N4O5S. The van der Waals surface area contributed by atoms with Crippen LogP contribution < -0.4 is 15.6 Å². The van der Waals surface area contributed by atoms with Gasteiger partial charge in [0.1, 0.15) is 18.0 Å². The average molecular weight is 386 g/mol. The first kappa shape index (κ1) is 18.3. The van der Waals surface area contributed by atoms with Crippen LogP contribution in [0.15, 0.2) is 52.6 Å². The lowest BCUT2D eigenvalue weighted by Crippen LogP contribution is -2.29. The molecule has 0 unspecified atom stereocenters. The first-order chi connectivity index (χ1) is 13.0. The molecule has 0 saturated heterocycles. The van der Waals surface area contributed by atoms with Gasteiger partial charge in [-0.25, -0.2) is 4.68 Å². The molecule has 10 heteroatoms. The Kier molecular flexibility index (Phi) is 5.27. The molecule has 0 fully saturated rings. The van der Waals surface area contributed by atoms with Gasteiger partial charge < -0.3 is 10.1 Å². The summed E-state index contributed by atoms with van der Waals surface area (Å²) in [6.07, 6.45) is 0. The van der Waals surface area contributed by atoms with Crippen LogP contribution in [0, 0.1) is 10.1 Å². The Labute approximate surface area is 157 Å². The van der Waals surface area contributed by atoms with E-state index in [-0.39, 0.29) is 23.7 Å². The summed E-state index contributed by atoms with van der Waals surface area (Å²) in [7, 11) is 1.38. The maximum absolute atomic E-state index is 12.3. The highest BCUT2D eigenvalue weighted by Gasteiger charge is 2.15. The molecule has 0 saturated carbocycles. The number of hydrogen-bond acceptors (Lipinski definition) is 7. The number of carbonyl (C=O) groups excluding carboxylic acids is 1. The normalized spacial score (nSPS) is 10.4. The van der Waals surface area contributed by atoms with Gasteiger partial charge in [-0.15, -0.1) is 11.3 Å². The number of methoxy groups -OCH3 is 1. The zero-order valence-corrected chi connectivity index (χ0v) is 14.9. The highest BCUT2D eigenvalue weighted by atomic mass is 32.1. The van der Waals surface area contributed by atoms with Crippen LogP contribution in [-0.2, 0) is 11.3 Å². The lowest BCUT2D eigenvalue weighted by Gasteiger charge is -2.11. The molecule has 1 aromatic carbocycles. The minimum Gasteiger partial charge on any atom is -0.495 e. The third-order valence-corrected chi connectivity index (χ3v) is 4.49. The highest BCUT2D eigenvalue weighted by molar-refractivity contribution is 7.13. The molecule has 0 aliphatic rings. The third kappa shape index (κ3) is 4.18. The van der Waals surface area contributed by atoms with E-state index in [4.69, 9.17) is 4.74 Å². The zero-order chi connectivity index (χ0) is 19.4. The number of anilines is 1. The van der Waals surface area contributed by atoms with Crippen molar-refractivity contribution in [1.29, 1.82) is 0 Å². The summed E-state index contributed by atoms with van der Waals surface area (Å²) in [6.45, 7) is -0.343. The van der Waals surface area contributed by atoms with Gasteiger partial charge in [0.25, 0.3) is 11.2 Å². The SMILES string of the molecule is COc1ccc([N+](=O)[O-])cc1NC(=O)Cn1nc(-c2cccs2)ccc1=O. The van der Waals surface area contributed by atoms with Gasteiger partial charge in [-0.2, -0.15) is 5.10 Å². The van der Waals surface area contributed by atoms with Gasteiger partial charge in [0, 0.05) is 18.2 Å². The number of non-ortho nitro benzene ring substituents is 1. The van der Waals surface area contributed by atoms with Gasteiger partial charge in [0.2, 0.25) is 5.91 Å². The number of nitrogens with one attached hydrogen (secondary N) is 1. The van der Waals surface area contributed by atoms with E-state index in [0.717, 1.165) is 9.56 Å². The molecule has 0 radical (unpaired) electrons. The van der Waals surface area contributed by atoms with Crippen molar-refractivity contribution >= 4 is 28.6 Å². The van der Waals surface area contributed by atoms with Crippen LogP contribution in [0.3, 0.4) is 0 Å². The van der Waals surface area contributed by atoms with Gasteiger partial charge in [-0.1, -0.05) is 6.07 Å². The van der Waals surface area contributed by atoms with Crippen molar-refractivity contribution in [3.8, 4) is 16.3 Å². The molecule has 2 aromatic heterocycles. The molecule has 0 aliphatic heterocycles. The minimum atomic E-state index is -0.578. The Morgan fingerprint density at radius 1 is 1.33 bits per heavy atom. The van der Waals surface area contributed by atoms with Crippen molar-refractivity contribution < 1.29 is 14.5 Å². The Morgan fingerprint density at radius 3 is 2.81 bits per heavy atom. The standard InChI is InChI=1S/C17H14N4O5S/c1-26-14-6-4-11(21(24)25)9-13(14)18-16(22)10-20-17(23)7-5-12(19-20)15-3-2-8-27-15/h2-9H,10H2,1H3,(H,18,22). The molecular weight excluding hydrogens is 372 g/mol. The van der Waals surface area contributed by atoms with Crippen molar-refractivity contribution in [1.82, 2.24) is 9.78 Å². The highest BCUT2D eigenvalue weighted by Crippen LogP contribution is 2.28. The molecule has 2 heterocycles. The number of ether oxygens (including phenoxy) is 1. The van der Waals surface area contributed by atoms with E-state index in [1.54, 1.807) is 6.07 Å². The number of carbonyl (C=O) groups is 1. The lowest BCUT2D eigenvalue weighted by atomic mass is 10.2. The summed E-state index contributed by atoms with van der Waals surface area (Å²) in [5, 5.41) is 19.5. The number of amides is 1. The largest absolute Gasteiger partial charge is 0.495 e. The molecule has 3 aromatic rings. The van der Waals surface area contributed by atoms with Crippen molar-refractivity contribution in [2.45, 2.75) is 6.54 Å². The number of benzene rings is 1. The summed E-state index contributed by atoms with van der Waals surface area (Å²) in [6, 6.07) is 10.5. The van der Waals surface area contributed by atoms with E-state index in [0.29, 0.717) is 5.69 Å². The Hall–Kier alpha value is -3.53. The van der Waals surface area contributed by atoms with E-state index in [9.17, 15) is 19.7 Å². The predicted molar refractivity (Wildman–Crippen MR) is 100 cm³/mol. The fourth-order valence-corrected chi connectivity index (χ4v) is 3.04. The van der Waals surface area contributed by atoms with Crippen LogP contribution in [0.25, 0.3) is 10.6 Å². The van der Waals surface area contributed by atoms with E-state index in [1.165, 1.54) is 42.7 Å². The van der Waals surface area contributed by atoms with Gasteiger partial charge >= 0.3 is 0 Å². The first-order valence-corrected chi connectivity index (χ1v) is 8.60. The topological polar surface area (TPSA) is 116 Å². The van der Waals surface area contributed by atoms with Crippen LogP contribution in [0.2, 0.25) is 0 Å². The molecule has 3 rings (SSSR count). The maximum atomic E-state index is 12.3. The van der Waals surface area contributed by atoms with Gasteiger partial charge in [-0.05, 0) is 23.6 Å². The van der Waals surface area contributed by atoms with Gasteiger partial charge in [0.05, 0.1) is 22.6 Å². The van der Waals surface area contributed by atoms with Crippen LogP contribution in [0.5, 0.6) is 5.75 Å². The Balaban J connectivity index is 1.82. The zero-order valence-electron chi connectivity index (χ0n) is 14.1. The molecule has 0 atom stereocenters. The number of aromatic nitrogens is 2. The van der Waals surface area contributed by atoms with Crippen LogP contribution in [-0.4, -0.2) is 27.7 Å². The van der Waals surface area contributed by atoms with Crippen molar-refractivity contribution in [2.24, 2.45) is 0 Å². The van der Waals surface area contributed by atoms with Gasteiger partial charge in [-0.3, -0.25) is 19.7 Å². The molecule has 0 spiro atoms. The Morgan fingerprint density at radius 2 is 2.15 bits per heavy atom. The predicted octanol–water partition coefficient (Wildman–Crippen LogP) is 2.53. The number of nitro benzene ring substituents is 1. The van der Waals surface area contributed by atoms with Crippen molar-refractivity contribution in [3.63, 3.8) is 0 Å². The molecule has 0 aliphatic carbocycles. The van der Waals surface area contributed by atoms with E-state index in [1.807, 2.05) is 17.5 Å². The fourth-order valence-electron chi connectivity index (χ4n) is 2.35. The van der Waals surface area contributed by atoms with E-state index < -0.39 is 16.4 Å². The smallest absolute Gasteiger partial charge is 0.271 e. The Bertz CT molecular complexity index is 1050. The summed E-state index contributed by atoms with van der Waals surface area (Å²) < 4.78 is 6.14. The van der Waals surface area contributed by atoms with E-state index in [2.05, 4.69) is 10.4 Å². The first-order valence-electron chi connectivity index (χ1n) is 7.72. The second-order valence-corrected chi connectivity index (χ2v) is 6.33. The van der Waals surface area contributed by atoms with Crippen LogP contribution in [0.4, 0.5) is 11.4 Å². The molecule has 0 bridgehead atoms. The molecule has 138 valence electrons. The third-order valence-electron chi connectivity index (χ3n) is 3.60. The number of nitro groups is 1. The molecule has 1 amide bonds. The molecule has 9 nitrogen and oxygen atoms in total. The van der Waals surface area contributed by atoms with Gasteiger partial charge in [0.15, 0.2) is 0 Å². The van der Waals surface area contributed by atoms with Crippen molar-refractivity contribution in [3.05, 3.63) is 68.3 Å². The number of thiophene rings is 1. The minimum absolute atomic E-state index is 0.138. The second kappa shape index (κ2) is 7.79. The maximum Gasteiger partial charge on any atom is 0.271 e. The summed E-state index contributed by atoms with van der Waals surface area (Å²) in [5.41, 5.74) is 0.0852. The van der Waals surface area contributed by atoms with Crippen LogP contribution in [0.1, 0.15) is 0 Å². The quantitative estimate of drug-likeness (QED) is 0.514. The molecule has 1 N–H and O–H groups in total. The lowest BCUT2D eigenvalue weighted by molar-refractivity contribution is -0.384. The van der Waals surface area contributed by atoms with Crippen molar-refractivity contribution in [2.75, 3.05) is 12.4 Å². The monoisotopic (exact) mass is 386 g/mol. The van der Waals surface area contributed by atoms with E-state index >= 15 is 0 Å². The average Bonchev–Trinajstić information content (AvgIpc) is 3.18. The number of hydrogen-bond donors (Lipinski definition) is 1. The number of nitrogens with zero attached hydrogens (tertiary/aromatic N) is 3. The summed E-state index contributed by atoms with van der Waals surface area (Å²) in [5.74, 6) is -0.298. The summed E-state index contributed by atoms with van der Waals surface area (Å²) in [4.78, 5) is 35.6. The van der Waals surface area contributed by atoms with Crippen LogP contribution >= 0.6 is 11.3 Å². The summed E-state index contributed by atoms with van der Waals surface area (Å²) >= 11 is 1.46.